The Morgan fingerprint density at radius 1 is 1.12 bits per heavy atom. The number of rotatable bonds is 6. The van der Waals surface area contributed by atoms with Gasteiger partial charge in [-0.25, -0.2) is 4.39 Å². The lowest BCUT2D eigenvalue weighted by molar-refractivity contribution is -0.120. The molecule has 2 amide bonds. The van der Waals surface area contributed by atoms with Crippen LogP contribution in [0.5, 0.6) is 0 Å². The Morgan fingerprint density at radius 3 is 2.54 bits per heavy atom. The number of anilines is 1. The molecule has 3 rings (SSSR count). The van der Waals surface area contributed by atoms with Gasteiger partial charge in [0.15, 0.2) is 0 Å². The first-order chi connectivity index (χ1) is 11.6. The van der Waals surface area contributed by atoms with Gasteiger partial charge in [-0.15, -0.1) is 0 Å². The molecule has 2 aromatic carbocycles. The minimum absolute atomic E-state index is 0.0352. The van der Waals surface area contributed by atoms with Gasteiger partial charge < -0.3 is 10.6 Å². The van der Waals surface area contributed by atoms with E-state index in [2.05, 4.69) is 0 Å². The molecule has 0 aromatic heterocycles. The van der Waals surface area contributed by atoms with Crippen molar-refractivity contribution in [3.05, 3.63) is 66.0 Å². The molecule has 0 spiro atoms. The molecule has 0 unspecified atom stereocenters. The smallest absolute Gasteiger partial charge is 0.230 e. The number of hydrogen-bond donors (Lipinski definition) is 1. The molecule has 4 nitrogen and oxygen atoms in total. The van der Waals surface area contributed by atoms with Crippen molar-refractivity contribution in [3.63, 3.8) is 0 Å². The van der Waals surface area contributed by atoms with Crippen LogP contribution >= 0.6 is 0 Å². The summed E-state index contributed by atoms with van der Waals surface area (Å²) in [5.74, 6) is -0.926. The van der Waals surface area contributed by atoms with Crippen LogP contribution in [0.25, 0.3) is 0 Å². The van der Waals surface area contributed by atoms with Gasteiger partial charge in [-0.3, -0.25) is 9.59 Å². The summed E-state index contributed by atoms with van der Waals surface area (Å²) in [6, 6.07) is 15.6. The number of nitrogens with two attached hydrogens (primary N) is 1. The molecule has 2 aromatic rings. The van der Waals surface area contributed by atoms with Gasteiger partial charge in [0.25, 0.3) is 0 Å². The van der Waals surface area contributed by atoms with Gasteiger partial charge in [0.1, 0.15) is 5.82 Å². The van der Waals surface area contributed by atoms with Gasteiger partial charge in [0.05, 0.1) is 0 Å². The maximum atomic E-state index is 13.4. The van der Waals surface area contributed by atoms with Crippen LogP contribution in [0.15, 0.2) is 54.6 Å². The fourth-order valence-electron chi connectivity index (χ4n) is 2.97. The van der Waals surface area contributed by atoms with E-state index in [-0.39, 0.29) is 36.5 Å². The Hall–Kier alpha value is -2.69. The number of primary amides is 1. The van der Waals surface area contributed by atoms with E-state index in [0.717, 1.165) is 11.3 Å². The number of carbonyl (C=O) groups is 2. The minimum Gasteiger partial charge on any atom is -0.370 e. The summed E-state index contributed by atoms with van der Waals surface area (Å²) >= 11 is 0. The molecule has 2 N–H and O–H groups in total. The molecule has 1 fully saturated rings. The molecule has 124 valence electrons. The van der Waals surface area contributed by atoms with Gasteiger partial charge in [0.2, 0.25) is 11.8 Å². The second kappa shape index (κ2) is 6.83. The Kier molecular flexibility index (Phi) is 4.60. The molecule has 0 bridgehead atoms. The van der Waals surface area contributed by atoms with Crippen LogP contribution in [-0.2, 0) is 9.59 Å². The third-order valence-corrected chi connectivity index (χ3v) is 4.30. The number of benzene rings is 2. The first kappa shape index (κ1) is 16.2. The third kappa shape index (κ3) is 3.62. The lowest BCUT2D eigenvalue weighted by atomic mass is 10.1. The van der Waals surface area contributed by atoms with Crippen molar-refractivity contribution in [2.24, 2.45) is 11.7 Å². The number of carbonyl (C=O) groups excluding carboxylic acids is 2. The van der Waals surface area contributed by atoms with E-state index in [1.165, 1.54) is 12.1 Å². The van der Waals surface area contributed by atoms with E-state index in [9.17, 15) is 14.0 Å². The molecule has 0 heterocycles. The summed E-state index contributed by atoms with van der Waals surface area (Å²) in [6.07, 6.45) is 0.806. The molecular formula is C19H19FN2O2. The highest BCUT2D eigenvalue weighted by Gasteiger charge is 2.46. The van der Waals surface area contributed by atoms with Crippen molar-refractivity contribution in [1.29, 1.82) is 0 Å². The van der Waals surface area contributed by atoms with Gasteiger partial charge >= 0.3 is 0 Å². The van der Waals surface area contributed by atoms with E-state index in [4.69, 9.17) is 5.73 Å². The topological polar surface area (TPSA) is 63.4 Å². The number of nitrogens with zero attached hydrogens (tertiary/aromatic N) is 1. The first-order valence-corrected chi connectivity index (χ1v) is 7.96. The summed E-state index contributed by atoms with van der Waals surface area (Å²) in [5, 5.41) is 0. The Labute approximate surface area is 140 Å². The lowest BCUT2D eigenvalue weighted by Crippen LogP contribution is -2.35. The highest BCUT2D eigenvalue weighted by molar-refractivity contribution is 5.98. The molecule has 24 heavy (non-hydrogen) atoms. The molecule has 1 saturated carbocycles. The van der Waals surface area contributed by atoms with E-state index < -0.39 is 5.91 Å². The quantitative estimate of drug-likeness (QED) is 0.887. The van der Waals surface area contributed by atoms with Gasteiger partial charge in [-0.1, -0.05) is 30.3 Å². The zero-order valence-corrected chi connectivity index (χ0v) is 13.2. The average molecular weight is 326 g/mol. The lowest BCUT2D eigenvalue weighted by Gasteiger charge is -2.22. The molecule has 0 radical (unpaired) electrons. The molecule has 5 heteroatoms. The molecule has 1 aliphatic rings. The highest BCUT2D eigenvalue weighted by atomic mass is 19.1. The molecule has 0 aliphatic heterocycles. The average Bonchev–Trinajstić information content (AvgIpc) is 3.36. The van der Waals surface area contributed by atoms with E-state index in [0.29, 0.717) is 6.42 Å². The van der Waals surface area contributed by atoms with E-state index >= 15 is 0 Å². The van der Waals surface area contributed by atoms with Crippen molar-refractivity contribution in [1.82, 2.24) is 0 Å². The molecule has 2 atom stereocenters. The Morgan fingerprint density at radius 2 is 1.88 bits per heavy atom. The van der Waals surface area contributed by atoms with Crippen molar-refractivity contribution in [3.8, 4) is 0 Å². The summed E-state index contributed by atoms with van der Waals surface area (Å²) in [6.45, 7) is 0.255. The SMILES string of the molecule is NC(=O)CCN(C(=O)[C@@H]1C[C@@H]1c1cccc(F)c1)c1ccccc1. The molecular weight excluding hydrogens is 307 g/mol. The molecule has 1 aliphatic carbocycles. The van der Waals surface area contributed by atoms with Crippen LogP contribution in [-0.4, -0.2) is 18.4 Å². The fourth-order valence-corrected chi connectivity index (χ4v) is 2.97. The predicted molar refractivity (Wildman–Crippen MR) is 89.9 cm³/mol. The van der Waals surface area contributed by atoms with Gasteiger partial charge in [-0.05, 0) is 42.2 Å². The monoisotopic (exact) mass is 326 g/mol. The largest absolute Gasteiger partial charge is 0.370 e. The number of amides is 2. The standard InChI is InChI=1S/C19H19FN2O2/c20-14-6-4-5-13(11-14)16-12-17(16)19(24)22(10-9-18(21)23)15-7-2-1-3-8-15/h1-8,11,16-17H,9-10,12H2,(H2,21,23)/t16-,17-/m1/s1. The van der Waals surface area contributed by atoms with Crippen LogP contribution in [0.2, 0.25) is 0 Å². The first-order valence-electron chi connectivity index (χ1n) is 7.96. The van der Waals surface area contributed by atoms with Crippen molar-refractivity contribution < 1.29 is 14.0 Å². The maximum absolute atomic E-state index is 13.4. The van der Waals surface area contributed by atoms with Crippen molar-refractivity contribution in [2.45, 2.75) is 18.8 Å². The second-order valence-electron chi connectivity index (χ2n) is 6.05. The van der Waals surface area contributed by atoms with Crippen molar-refractivity contribution >= 4 is 17.5 Å². The minimum atomic E-state index is -0.443. The Bertz CT molecular complexity index is 748. The van der Waals surface area contributed by atoms with Crippen molar-refractivity contribution in [2.75, 3.05) is 11.4 Å². The van der Waals surface area contributed by atoms with Crippen LogP contribution < -0.4 is 10.6 Å². The Balaban J connectivity index is 1.76. The second-order valence-corrected chi connectivity index (χ2v) is 6.05. The van der Waals surface area contributed by atoms with E-state index in [1.807, 2.05) is 36.4 Å². The maximum Gasteiger partial charge on any atom is 0.230 e. The number of para-hydroxylation sites is 1. The molecule has 0 saturated heterocycles. The normalized spacial score (nSPS) is 18.9. The fraction of sp³-hybridized carbons (Fsp3) is 0.263. The van der Waals surface area contributed by atoms with Crippen LogP contribution in [0.4, 0.5) is 10.1 Å². The number of halogens is 1. The van der Waals surface area contributed by atoms with Gasteiger partial charge in [-0.2, -0.15) is 0 Å². The van der Waals surface area contributed by atoms with Crippen LogP contribution in [0.1, 0.15) is 24.3 Å². The predicted octanol–water partition coefficient (Wildman–Crippen LogP) is 2.84. The van der Waals surface area contributed by atoms with Gasteiger partial charge in [0, 0.05) is 24.6 Å². The summed E-state index contributed by atoms with van der Waals surface area (Å²) in [7, 11) is 0. The van der Waals surface area contributed by atoms with E-state index in [1.54, 1.807) is 11.0 Å². The zero-order chi connectivity index (χ0) is 17.1. The zero-order valence-electron chi connectivity index (χ0n) is 13.2. The van der Waals surface area contributed by atoms with Crippen LogP contribution in [0.3, 0.4) is 0 Å². The summed E-state index contributed by atoms with van der Waals surface area (Å²) in [5.41, 5.74) is 6.82. The number of hydrogen-bond acceptors (Lipinski definition) is 2. The summed E-state index contributed by atoms with van der Waals surface area (Å²) < 4.78 is 13.4. The van der Waals surface area contributed by atoms with Crippen LogP contribution in [0, 0.1) is 11.7 Å². The highest BCUT2D eigenvalue weighted by Crippen LogP contribution is 2.49. The summed E-state index contributed by atoms with van der Waals surface area (Å²) in [4.78, 5) is 25.6. The third-order valence-electron chi connectivity index (χ3n) is 4.30.